The summed E-state index contributed by atoms with van der Waals surface area (Å²) < 4.78 is 41.9. The van der Waals surface area contributed by atoms with Crippen molar-refractivity contribution in [1.29, 1.82) is 0 Å². The van der Waals surface area contributed by atoms with Gasteiger partial charge in [0.1, 0.15) is 23.2 Å². The Morgan fingerprint density at radius 2 is 1.89 bits per heavy atom. The number of nitrogens with zero attached hydrogens (tertiary/aromatic N) is 5. The number of rotatable bonds is 6. The predicted molar refractivity (Wildman–Crippen MR) is 123 cm³/mol. The lowest BCUT2D eigenvalue weighted by molar-refractivity contribution is -0.274. The van der Waals surface area contributed by atoms with E-state index in [9.17, 15) is 18.3 Å². The molecule has 1 aliphatic heterocycles. The van der Waals surface area contributed by atoms with Crippen LogP contribution < -0.4 is 15.0 Å². The van der Waals surface area contributed by atoms with E-state index in [0.717, 1.165) is 62.3 Å². The minimum Gasteiger partial charge on any atom is -0.406 e. The van der Waals surface area contributed by atoms with Crippen molar-refractivity contribution >= 4 is 17.5 Å². The molecule has 0 radical (unpaired) electrons. The number of alkyl halides is 3. The Bertz CT molecular complexity index is 1160. The molecule has 0 aromatic carbocycles. The van der Waals surface area contributed by atoms with Crippen molar-refractivity contribution in [3.05, 3.63) is 48.9 Å². The topological polar surface area (TPSA) is 96.3 Å². The van der Waals surface area contributed by atoms with Crippen LogP contribution in [0.5, 0.6) is 5.75 Å². The lowest BCUT2D eigenvalue weighted by atomic mass is 9.58. The predicted octanol–water partition coefficient (Wildman–Crippen LogP) is 4.56. The van der Waals surface area contributed by atoms with Crippen LogP contribution in [0.15, 0.2) is 48.9 Å². The molecule has 3 aromatic rings. The van der Waals surface area contributed by atoms with Crippen LogP contribution in [-0.2, 0) is 0 Å². The van der Waals surface area contributed by atoms with Gasteiger partial charge in [-0.2, -0.15) is 0 Å². The molecule has 2 N–H and O–H groups in total. The third-order valence-corrected chi connectivity index (χ3v) is 6.70. The van der Waals surface area contributed by atoms with Crippen molar-refractivity contribution in [2.24, 2.45) is 11.3 Å². The molecule has 2 fully saturated rings. The number of hydrogen-bond acceptors (Lipinski definition) is 8. The molecule has 184 valence electrons. The average Bonchev–Trinajstić information content (AvgIpc) is 2.82. The standard InChI is InChI=1S/C24H25F3N6O2/c25-24(26,27)35-18-3-7-29-19(10-18)30-20-11-21(32-22(31-20)17-2-1-6-28-14-17)33-8-4-23(5-9-33)12-16(13-23)15-34/h1-3,6-7,10-11,14,16,34H,4-5,8-9,12-13,15H2,(H,29,30,31,32). The third kappa shape index (κ3) is 5.45. The van der Waals surface area contributed by atoms with Crippen molar-refractivity contribution in [2.75, 3.05) is 29.9 Å². The zero-order valence-electron chi connectivity index (χ0n) is 18.9. The molecule has 5 rings (SSSR count). The third-order valence-electron chi connectivity index (χ3n) is 6.70. The SMILES string of the molecule is OCC1CC2(CCN(c3cc(Nc4cc(OC(F)(F)F)ccn4)nc(-c4cccnc4)n3)CC2)C1. The molecule has 0 amide bonds. The van der Waals surface area contributed by atoms with Gasteiger partial charge in [0.25, 0.3) is 0 Å². The van der Waals surface area contributed by atoms with Crippen LogP contribution in [0.4, 0.5) is 30.6 Å². The lowest BCUT2D eigenvalue weighted by Crippen LogP contribution is -2.48. The molecule has 3 aromatic heterocycles. The first-order valence-corrected chi connectivity index (χ1v) is 11.4. The van der Waals surface area contributed by atoms with Gasteiger partial charge in [0.15, 0.2) is 5.82 Å². The maximum atomic E-state index is 12.6. The Hall–Kier alpha value is -3.47. The van der Waals surface area contributed by atoms with Crippen LogP contribution >= 0.6 is 0 Å². The summed E-state index contributed by atoms with van der Waals surface area (Å²) in [4.78, 5) is 19.8. The summed E-state index contributed by atoms with van der Waals surface area (Å²) in [5.74, 6) is 1.77. The van der Waals surface area contributed by atoms with Gasteiger partial charge in [0, 0.05) is 56.0 Å². The number of piperidine rings is 1. The van der Waals surface area contributed by atoms with Crippen molar-refractivity contribution < 1.29 is 23.0 Å². The number of aromatic nitrogens is 4. The van der Waals surface area contributed by atoms with Crippen LogP contribution in [0.3, 0.4) is 0 Å². The number of hydrogen-bond donors (Lipinski definition) is 2. The van der Waals surface area contributed by atoms with Gasteiger partial charge in [-0.15, -0.1) is 13.2 Å². The number of ether oxygens (including phenoxy) is 1. The fraction of sp³-hybridized carbons (Fsp3) is 0.417. The summed E-state index contributed by atoms with van der Waals surface area (Å²) in [7, 11) is 0. The van der Waals surface area contributed by atoms with Crippen LogP contribution in [-0.4, -0.2) is 51.1 Å². The lowest BCUT2D eigenvalue weighted by Gasteiger charge is -2.52. The fourth-order valence-corrected chi connectivity index (χ4v) is 5.00. The van der Waals surface area contributed by atoms with Gasteiger partial charge in [-0.25, -0.2) is 15.0 Å². The number of pyridine rings is 2. The van der Waals surface area contributed by atoms with E-state index in [1.807, 2.05) is 6.07 Å². The summed E-state index contributed by atoms with van der Waals surface area (Å²) in [5.41, 5.74) is 1.03. The monoisotopic (exact) mass is 486 g/mol. The smallest absolute Gasteiger partial charge is 0.406 e. The summed E-state index contributed by atoms with van der Waals surface area (Å²) in [6, 6.07) is 7.71. The molecule has 11 heteroatoms. The zero-order valence-corrected chi connectivity index (χ0v) is 18.9. The van der Waals surface area contributed by atoms with Gasteiger partial charge >= 0.3 is 6.36 Å². The average molecular weight is 486 g/mol. The highest BCUT2D eigenvalue weighted by atomic mass is 19.4. The molecule has 1 aliphatic carbocycles. The molecule has 1 saturated heterocycles. The van der Waals surface area contributed by atoms with Gasteiger partial charge in [0.2, 0.25) is 0 Å². The molecule has 0 unspecified atom stereocenters. The largest absolute Gasteiger partial charge is 0.573 e. The summed E-state index contributed by atoms with van der Waals surface area (Å²) in [6.07, 6.45) is 3.94. The minimum atomic E-state index is -4.79. The van der Waals surface area contributed by atoms with E-state index in [1.54, 1.807) is 24.5 Å². The molecule has 4 heterocycles. The maximum absolute atomic E-state index is 12.6. The second-order valence-electron chi connectivity index (χ2n) is 9.17. The molecule has 35 heavy (non-hydrogen) atoms. The van der Waals surface area contributed by atoms with Gasteiger partial charge in [-0.1, -0.05) is 0 Å². The van der Waals surface area contributed by atoms with Crippen molar-refractivity contribution in [2.45, 2.75) is 32.0 Å². The van der Waals surface area contributed by atoms with Crippen molar-refractivity contribution in [3.63, 3.8) is 0 Å². The van der Waals surface area contributed by atoms with Crippen LogP contribution in [0.25, 0.3) is 11.4 Å². The first-order valence-electron chi connectivity index (χ1n) is 11.4. The van der Waals surface area contributed by atoms with E-state index in [1.165, 1.54) is 6.20 Å². The normalized spacial score (nSPS) is 17.8. The second-order valence-corrected chi connectivity index (χ2v) is 9.17. The van der Waals surface area contributed by atoms with Crippen LogP contribution in [0.1, 0.15) is 25.7 Å². The summed E-state index contributed by atoms with van der Waals surface area (Å²) >= 11 is 0. The van der Waals surface area contributed by atoms with E-state index in [-0.39, 0.29) is 18.2 Å². The highest BCUT2D eigenvalue weighted by molar-refractivity contribution is 5.64. The van der Waals surface area contributed by atoms with E-state index in [2.05, 4.69) is 29.9 Å². The Kier molecular flexibility index (Phi) is 6.18. The first-order chi connectivity index (χ1) is 16.8. The van der Waals surface area contributed by atoms with Gasteiger partial charge < -0.3 is 20.1 Å². The quantitative estimate of drug-likeness (QED) is 0.523. The highest BCUT2D eigenvalue weighted by Gasteiger charge is 2.45. The molecular weight excluding hydrogens is 461 g/mol. The Morgan fingerprint density at radius 3 is 2.57 bits per heavy atom. The molecule has 1 spiro atoms. The fourth-order valence-electron chi connectivity index (χ4n) is 5.00. The number of aliphatic hydroxyl groups is 1. The number of nitrogens with one attached hydrogen (secondary N) is 1. The molecule has 2 aliphatic rings. The van der Waals surface area contributed by atoms with Crippen molar-refractivity contribution in [1.82, 2.24) is 19.9 Å². The number of halogens is 3. The van der Waals surface area contributed by atoms with Gasteiger partial charge in [-0.3, -0.25) is 4.98 Å². The molecular formula is C24H25F3N6O2. The number of anilines is 3. The van der Waals surface area contributed by atoms with Crippen LogP contribution in [0, 0.1) is 11.3 Å². The Morgan fingerprint density at radius 1 is 1.09 bits per heavy atom. The van der Waals surface area contributed by atoms with Gasteiger partial charge in [-0.05, 0) is 55.2 Å². The zero-order chi connectivity index (χ0) is 24.5. The summed E-state index contributed by atoms with van der Waals surface area (Å²) in [5, 5.41) is 12.4. The van der Waals surface area contributed by atoms with E-state index >= 15 is 0 Å². The summed E-state index contributed by atoms with van der Waals surface area (Å²) in [6.45, 7) is 1.91. The van der Waals surface area contributed by atoms with Crippen LogP contribution in [0.2, 0.25) is 0 Å². The highest BCUT2D eigenvalue weighted by Crippen LogP contribution is 2.52. The molecule has 1 saturated carbocycles. The molecule has 8 nitrogen and oxygen atoms in total. The van der Waals surface area contributed by atoms with E-state index in [4.69, 9.17) is 4.98 Å². The molecule has 0 bridgehead atoms. The van der Waals surface area contributed by atoms with E-state index in [0.29, 0.717) is 23.0 Å². The van der Waals surface area contributed by atoms with E-state index < -0.39 is 6.36 Å². The Labute approximate surface area is 200 Å². The minimum absolute atomic E-state index is 0.163. The molecule has 0 atom stereocenters. The van der Waals surface area contributed by atoms with Crippen molar-refractivity contribution in [3.8, 4) is 17.1 Å². The maximum Gasteiger partial charge on any atom is 0.573 e. The number of aliphatic hydroxyl groups excluding tert-OH is 1. The van der Waals surface area contributed by atoms with Gasteiger partial charge in [0.05, 0.1) is 0 Å². The second kappa shape index (κ2) is 9.29. The first kappa shape index (κ1) is 23.3. The Balaban J connectivity index is 1.39.